The zero-order chi connectivity index (χ0) is 10.1. The lowest BCUT2D eigenvalue weighted by Crippen LogP contribution is -2.12. The topological polar surface area (TPSA) is 39.1 Å². The fourth-order valence-corrected chi connectivity index (χ4v) is 2.70. The third kappa shape index (κ3) is 2.34. The maximum absolute atomic E-state index is 11.3. The maximum Gasteiger partial charge on any atom is 0.235 e. The lowest BCUT2D eigenvalue weighted by molar-refractivity contribution is 0.591. The van der Waals surface area contributed by atoms with Crippen molar-refractivity contribution in [2.75, 3.05) is 6.26 Å². The van der Waals surface area contributed by atoms with Gasteiger partial charge < -0.3 is 0 Å². The van der Waals surface area contributed by atoms with Gasteiger partial charge in [0, 0.05) is 16.4 Å². The van der Waals surface area contributed by atoms with E-state index in [2.05, 4.69) is 15.9 Å². The Bertz CT molecular complexity index is 394. The highest BCUT2D eigenvalue weighted by molar-refractivity contribution is 9.10. The average molecular weight is 266 g/mol. The molecule has 0 bridgehead atoms. The molecule has 0 N–H and O–H groups in total. The predicted molar refractivity (Wildman–Crippen MR) is 56.4 cm³/mol. The molecule has 0 saturated carbocycles. The molecule has 0 fully saturated rings. The lowest BCUT2D eigenvalue weighted by atomic mass is 10.3. The Morgan fingerprint density at radius 1 is 1.54 bits per heavy atom. The molecular formula is C8H12BrNO2S. The lowest BCUT2D eigenvalue weighted by Gasteiger charge is -2.05. The Hall–Kier alpha value is -0.290. The first-order chi connectivity index (χ1) is 5.96. The average Bonchev–Trinajstić information content (AvgIpc) is 2.32. The molecule has 0 saturated heterocycles. The molecular weight excluding hydrogens is 254 g/mol. The second kappa shape index (κ2) is 3.84. The van der Waals surface area contributed by atoms with Crippen LogP contribution in [0.15, 0.2) is 16.7 Å². The van der Waals surface area contributed by atoms with Crippen molar-refractivity contribution >= 4 is 26.0 Å². The highest BCUT2D eigenvalue weighted by Crippen LogP contribution is 2.20. The van der Waals surface area contributed by atoms with Crippen molar-refractivity contribution in [2.24, 2.45) is 0 Å². The fourth-order valence-electron chi connectivity index (χ4n) is 1.20. The predicted octanol–water partition coefficient (Wildman–Crippen LogP) is 2.01. The van der Waals surface area contributed by atoms with Gasteiger partial charge in [-0.25, -0.2) is 12.4 Å². The van der Waals surface area contributed by atoms with Crippen LogP contribution in [-0.4, -0.2) is 18.6 Å². The van der Waals surface area contributed by atoms with Crippen LogP contribution in [0.25, 0.3) is 0 Å². The Morgan fingerprint density at radius 3 is 2.62 bits per heavy atom. The van der Waals surface area contributed by atoms with Crippen LogP contribution >= 0.6 is 15.9 Å². The molecule has 13 heavy (non-hydrogen) atoms. The molecule has 0 aliphatic carbocycles. The second-order valence-electron chi connectivity index (χ2n) is 2.92. The zero-order valence-corrected chi connectivity index (χ0v) is 10.0. The SMILES string of the molecule is CCCc1c(Br)ccn1S(C)(=O)=O. The van der Waals surface area contributed by atoms with Crippen molar-refractivity contribution in [3.63, 3.8) is 0 Å². The first kappa shape index (κ1) is 10.8. The standard InChI is InChI=1S/C8H12BrNO2S/c1-3-4-8-7(9)5-6-10(8)13(2,11)12/h5-6H,3-4H2,1-2H3. The van der Waals surface area contributed by atoms with Crippen molar-refractivity contribution < 1.29 is 8.42 Å². The summed E-state index contributed by atoms with van der Waals surface area (Å²) in [5, 5.41) is 0. The van der Waals surface area contributed by atoms with E-state index in [4.69, 9.17) is 0 Å². The van der Waals surface area contributed by atoms with E-state index in [-0.39, 0.29) is 0 Å². The van der Waals surface area contributed by atoms with Gasteiger partial charge in [0.2, 0.25) is 10.0 Å². The molecule has 1 rings (SSSR count). The Morgan fingerprint density at radius 2 is 2.15 bits per heavy atom. The van der Waals surface area contributed by atoms with Gasteiger partial charge in [-0.05, 0) is 28.4 Å². The number of aromatic nitrogens is 1. The fraction of sp³-hybridized carbons (Fsp3) is 0.500. The number of hydrogen-bond donors (Lipinski definition) is 0. The first-order valence-corrected chi connectivity index (χ1v) is 6.67. The largest absolute Gasteiger partial charge is 0.249 e. The molecule has 0 aliphatic heterocycles. The van der Waals surface area contributed by atoms with Gasteiger partial charge in [-0.15, -0.1) is 0 Å². The summed E-state index contributed by atoms with van der Waals surface area (Å²) in [5.41, 5.74) is 0.824. The van der Waals surface area contributed by atoms with E-state index in [1.165, 1.54) is 10.2 Å². The van der Waals surface area contributed by atoms with E-state index in [1.54, 1.807) is 12.3 Å². The summed E-state index contributed by atoms with van der Waals surface area (Å²) in [7, 11) is -3.15. The molecule has 0 amide bonds. The van der Waals surface area contributed by atoms with Crippen LogP contribution in [-0.2, 0) is 16.4 Å². The molecule has 0 aromatic carbocycles. The Labute approximate surface area is 86.9 Å². The van der Waals surface area contributed by atoms with Crippen molar-refractivity contribution in [1.82, 2.24) is 3.97 Å². The first-order valence-electron chi connectivity index (χ1n) is 4.03. The summed E-state index contributed by atoms with van der Waals surface area (Å²) >= 11 is 3.33. The quantitative estimate of drug-likeness (QED) is 0.839. The van der Waals surface area contributed by atoms with E-state index in [0.29, 0.717) is 0 Å². The molecule has 74 valence electrons. The van der Waals surface area contributed by atoms with Crippen LogP contribution < -0.4 is 0 Å². The third-order valence-electron chi connectivity index (χ3n) is 1.74. The zero-order valence-electron chi connectivity index (χ0n) is 7.62. The summed E-state index contributed by atoms with van der Waals surface area (Å²) in [4.78, 5) is 0. The smallest absolute Gasteiger partial charge is 0.235 e. The van der Waals surface area contributed by atoms with Gasteiger partial charge in [0.15, 0.2) is 0 Å². The summed E-state index contributed by atoms with van der Waals surface area (Å²) in [6.45, 7) is 2.02. The Kier molecular flexibility index (Phi) is 3.18. The van der Waals surface area contributed by atoms with Crippen LogP contribution in [0.3, 0.4) is 0 Å². The van der Waals surface area contributed by atoms with E-state index in [9.17, 15) is 8.42 Å². The van der Waals surface area contributed by atoms with Crippen LogP contribution in [0.4, 0.5) is 0 Å². The van der Waals surface area contributed by atoms with E-state index in [1.807, 2.05) is 6.92 Å². The van der Waals surface area contributed by atoms with Crippen LogP contribution in [0, 0.1) is 0 Å². The van der Waals surface area contributed by atoms with Crippen molar-refractivity contribution in [1.29, 1.82) is 0 Å². The van der Waals surface area contributed by atoms with Gasteiger partial charge in [-0.2, -0.15) is 0 Å². The molecule has 1 aromatic rings. The summed E-state index contributed by atoms with van der Waals surface area (Å²) < 4.78 is 24.7. The van der Waals surface area contributed by atoms with E-state index >= 15 is 0 Å². The summed E-state index contributed by atoms with van der Waals surface area (Å²) in [5.74, 6) is 0. The molecule has 3 nitrogen and oxygen atoms in total. The summed E-state index contributed by atoms with van der Waals surface area (Å²) in [6.07, 6.45) is 4.47. The molecule has 1 heterocycles. The number of halogens is 1. The molecule has 0 radical (unpaired) electrons. The number of rotatable bonds is 3. The normalized spacial score (nSPS) is 11.9. The minimum Gasteiger partial charge on any atom is -0.249 e. The van der Waals surface area contributed by atoms with Gasteiger partial charge in [0.1, 0.15) is 0 Å². The van der Waals surface area contributed by atoms with E-state index in [0.717, 1.165) is 23.0 Å². The minimum absolute atomic E-state index is 0.765. The highest BCUT2D eigenvalue weighted by Gasteiger charge is 2.12. The van der Waals surface area contributed by atoms with Gasteiger partial charge >= 0.3 is 0 Å². The maximum atomic E-state index is 11.3. The van der Waals surface area contributed by atoms with Gasteiger partial charge in [-0.1, -0.05) is 13.3 Å². The second-order valence-corrected chi connectivity index (χ2v) is 5.63. The molecule has 1 aromatic heterocycles. The van der Waals surface area contributed by atoms with Gasteiger partial charge in [-0.3, -0.25) is 0 Å². The van der Waals surface area contributed by atoms with Crippen molar-refractivity contribution in [3.05, 3.63) is 22.4 Å². The highest BCUT2D eigenvalue weighted by atomic mass is 79.9. The Balaban J connectivity index is 3.23. The van der Waals surface area contributed by atoms with Gasteiger partial charge in [0.25, 0.3) is 0 Å². The van der Waals surface area contributed by atoms with Crippen molar-refractivity contribution in [2.45, 2.75) is 19.8 Å². The monoisotopic (exact) mass is 265 g/mol. The van der Waals surface area contributed by atoms with Crippen LogP contribution in [0.1, 0.15) is 19.0 Å². The van der Waals surface area contributed by atoms with Gasteiger partial charge in [0.05, 0.1) is 6.26 Å². The molecule has 0 unspecified atom stereocenters. The molecule has 0 spiro atoms. The summed E-state index contributed by atoms with van der Waals surface area (Å²) in [6, 6.07) is 1.76. The molecule has 0 atom stereocenters. The van der Waals surface area contributed by atoms with Crippen molar-refractivity contribution in [3.8, 4) is 0 Å². The molecule has 5 heteroatoms. The molecule has 0 aliphatic rings. The number of nitrogens with zero attached hydrogens (tertiary/aromatic N) is 1. The van der Waals surface area contributed by atoms with Crippen LogP contribution in [0.2, 0.25) is 0 Å². The van der Waals surface area contributed by atoms with Crippen LogP contribution in [0.5, 0.6) is 0 Å². The van der Waals surface area contributed by atoms with E-state index < -0.39 is 10.0 Å². The third-order valence-corrected chi connectivity index (χ3v) is 3.52. The minimum atomic E-state index is -3.15. The number of hydrogen-bond acceptors (Lipinski definition) is 2.